The average Bonchev–Trinajstić information content (AvgIpc) is 2.88. The van der Waals surface area contributed by atoms with Gasteiger partial charge in [0.15, 0.2) is 0 Å². The molecule has 4 heterocycles. The summed E-state index contributed by atoms with van der Waals surface area (Å²) >= 11 is 0. The normalized spacial score (nSPS) is 18.9. The van der Waals surface area contributed by atoms with Crippen molar-refractivity contribution in [2.45, 2.75) is 52.2 Å². The maximum Gasteiger partial charge on any atom is 0.253 e. The quantitative estimate of drug-likeness (QED) is 0.752. The van der Waals surface area contributed by atoms with Crippen LogP contribution in [0.15, 0.2) is 24.5 Å². The second kappa shape index (κ2) is 8.70. The van der Waals surface area contributed by atoms with Crippen LogP contribution in [0, 0.1) is 20.8 Å². The lowest BCUT2D eigenvalue weighted by molar-refractivity contribution is -0.132. The second-order valence-corrected chi connectivity index (χ2v) is 8.61. The molecule has 0 N–H and O–H groups in total. The SMILES string of the molecule is Cc1cnc(CN2CC3(CCN(C(=O)c4cc(C)nc(C)c4)CC3)OCCC2=O)cn1. The predicted molar refractivity (Wildman–Crippen MR) is 114 cm³/mol. The van der Waals surface area contributed by atoms with E-state index in [2.05, 4.69) is 15.0 Å². The highest BCUT2D eigenvalue weighted by Gasteiger charge is 2.41. The molecule has 0 atom stereocenters. The molecule has 4 rings (SSSR count). The number of hydrogen-bond acceptors (Lipinski definition) is 6. The molecule has 2 aromatic rings. The van der Waals surface area contributed by atoms with Crippen molar-refractivity contribution in [2.24, 2.45) is 0 Å². The lowest BCUT2D eigenvalue weighted by Gasteiger charge is -2.42. The van der Waals surface area contributed by atoms with E-state index in [1.165, 1.54) is 0 Å². The number of rotatable bonds is 3. The summed E-state index contributed by atoms with van der Waals surface area (Å²) in [5, 5.41) is 0. The first kappa shape index (κ1) is 21.4. The van der Waals surface area contributed by atoms with E-state index < -0.39 is 5.60 Å². The van der Waals surface area contributed by atoms with E-state index in [0.29, 0.717) is 57.6 Å². The fraction of sp³-hybridized carbons (Fsp3) is 0.522. The van der Waals surface area contributed by atoms with Gasteiger partial charge in [-0.15, -0.1) is 0 Å². The maximum absolute atomic E-state index is 13.0. The molecule has 8 heteroatoms. The molecule has 164 valence electrons. The number of carbonyl (C=O) groups excluding carboxylic acids is 2. The smallest absolute Gasteiger partial charge is 0.253 e. The Labute approximate surface area is 182 Å². The monoisotopic (exact) mass is 423 g/mol. The van der Waals surface area contributed by atoms with Gasteiger partial charge < -0.3 is 14.5 Å². The first-order valence-corrected chi connectivity index (χ1v) is 10.8. The summed E-state index contributed by atoms with van der Waals surface area (Å²) in [6.07, 6.45) is 5.20. The highest BCUT2D eigenvalue weighted by atomic mass is 16.5. The van der Waals surface area contributed by atoms with Crippen LogP contribution in [0.25, 0.3) is 0 Å². The van der Waals surface area contributed by atoms with Crippen LogP contribution in [-0.4, -0.2) is 68.4 Å². The standard InChI is InChI=1S/C23H29N5O3/c1-16-10-19(11-17(2)26-16)22(30)27-7-5-23(6-8-27)15-28(21(29)4-9-31-23)14-20-13-24-18(3)12-25-20/h10-13H,4-9,14-15H2,1-3H3. The number of aryl methyl sites for hydroxylation is 3. The van der Waals surface area contributed by atoms with Crippen LogP contribution in [-0.2, 0) is 16.1 Å². The minimum Gasteiger partial charge on any atom is -0.372 e. The summed E-state index contributed by atoms with van der Waals surface area (Å²) < 4.78 is 6.21. The van der Waals surface area contributed by atoms with Gasteiger partial charge in [-0.1, -0.05) is 0 Å². The molecule has 1 spiro atoms. The zero-order valence-corrected chi connectivity index (χ0v) is 18.4. The van der Waals surface area contributed by atoms with Gasteiger partial charge in [0, 0.05) is 36.2 Å². The number of nitrogens with zero attached hydrogens (tertiary/aromatic N) is 5. The third-order valence-electron chi connectivity index (χ3n) is 6.03. The molecule has 2 amide bonds. The van der Waals surface area contributed by atoms with Gasteiger partial charge in [-0.05, 0) is 45.7 Å². The Bertz CT molecular complexity index is 947. The number of hydrogen-bond donors (Lipinski definition) is 0. The zero-order chi connectivity index (χ0) is 22.0. The van der Waals surface area contributed by atoms with E-state index in [0.717, 1.165) is 22.8 Å². The molecule has 0 radical (unpaired) electrons. The van der Waals surface area contributed by atoms with E-state index in [1.807, 2.05) is 42.7 Å². The number of piperidine rings is 1. The first-order valence-electron chi connectivity index (χ1n) is 10.8. The lowest BCUT2D eigenvalue weighted by Crippen LogP contribution is -2.53. The molecule has 2 fully saturated rings. The second-order valence-electron chi connectivity index (χ2n) is 8.61. The van der Waals surface area contributed by atoms with Crippen LogP contribution in [0.2, 0.25) is 0 Å². The fourth-order valence-corrected chi connectivity index (χ4v) is 4.40. The first-order chi connectivity index (χ1) is 14.8. The largest absolute Gasteiger partial charge is 0.372 e. The molecule has 2 aromatic heterocycles. The predicted octanol–water partition coefficient (Wildman–Crippen LogP) is 2.22. The van der Waals surface area contributed by atoms with Gasteiger partial charge in [-0.25, -0.2) is 0 Å². The van der Waals surface area contributed by atoms with Crippen molar-refractivity contribution in [1.82, 2.24) is 24.8 Å². The minimum absolute atomic E-state index is 0.0277. The molecule has 31 heavy (non-hydrogen) atoms. The van der Waals surface area contributed by atoms with Crippen LogP contribution >= 0.6 is 0 Å². The molecule has 0 unspecified atom stereocenters. The molecule has 0 aromatic carbocycles. The van der Waals surface area contributed by atoms with Gasteiger partial charge in [-0.3, -0.25) is 24.5 Å². The summed E-state index contributed by atoms with van der Waals surface area (Å²) in [6, 6.07) is 3.68. The van der Waals surface area contributed by atoms with Gasteiger partial charge in [0.1, 0.15) is 0 Å². The van der Waals surface area contributed by atoms with Gasteiger partial charge in [0.2, 0.25) is 5.91 Å². The van der Waals surface area contributed by atoms with Crippen molar-refractivity contribution in [2.75, 3.05) is 26.2 Å². The molecule has 8 nitrogen and oxygen atoms in total. The van der Waals surface area contributed by atoms with Gasteiger partial charge in [-0.2, -0.15) is 0 Å². The summed E-state index contributed by atoms with van der Waals surface area (Å²) in [7, 11) is 0. The fourth-order valence-electron chi connectivity index (χ4n) is 4.40. The van der Waals surface area contributed by atoms with Crippen LogP contribution in [0.3, 0.4) is 0 Å². The van der Waals surface area contributed by atoms with E-state index in [-0.39, 0.29) is 11.8 Å². The molecule has 2 aliphatic rings. The van der Waals surface area contributed by atoms with Crippen molar-refractivity contribution >= 4 is 11.8 Å². The van der Waals surface area contributed by atoms with E-state index in [4.69, 9.17) is 4.74 Å². The Morgan fingerprint density at radius 2 is 1.77 bits per heavy atom. The number of pyridine rings is 1. The van der Waals surface area contributed by atoms with E-state index >= 15 is 0 Å². The van der Waals surface area contributed by atoms with Crippen molar-refractivity contribution in [3.8, 4) is 0 Å². The average molecular weight is 424 g/mol. The Kier molecular flexibility index (Phi) is 6.00. The van der Waals surface area contributed by atoms with Gasteiger partial charge in [0.25, 0.3) is 5.91 Å². The third kappa shape index (κ3) is 4.90. The molecule has 0 saturated carbocycles. The van der Waals surface area contributed by atoms with Crippen molar-refractivity contribution in [3.05, 3.63) is 52.9 Å². The summed E-state index contributed by atoms with van der Waals surface area (Å²) in [6.45, 7) is 8.24. The zero-order valence-electron chi connectivity index (χ0n) is 18.4. The number of amides is 2. The highest BCUT2D eigenvalue weighted by molar-refractivity contribution is 5.94. The molecular weight excluding hydrogens is 394 g/mol. The maximum atomic E-state index is 13.0. The Morgan fingerprint density at radius 1 is 1.06 bits per heavy atom. The Morgan fingerprint density at radius 3 is 2.42 bits per heavy atom. The minimum atomic E-state index is -0.425. The molecular formula is C23H29N5O3. The lowest BCUT2D eigenvalue weighted by atomic mass is 9.90. The van der Waals surface area contributed by atoms with Crippen LogP contribution < -0.4 is 0 Å². The van der Waals surface area contributed by atoms with Crippen LogP contribution in [0.5, 0.6) is 0 Å². The Hall–Kier alpha value is -2.87. The molecule has 0 bridgehead atoms. The summed E-state index contributed by atoms with van der Waals surface area (Å²) in [4.78, 5) is 42.4. The van der Waals surface area contributed by atoms with E-state index in [9.17, 15) is 9.59 Å². The number of aromatic nitrogens is 3. The number of ether oxygens (including phenoxy) is 1. The van der Waals surface area contributed by atoms with Crippen molar-refractivity contribution in [3.63, 3.8) is 0 Å². The topological polar surface area (TPSA) is 88.5 Å². The van der Waals surface area contributed by atoms with Gasteiger partial charge in [0.05, 0.1) is 49.3 Å². The van der Waals surface area contributed by atoms with E-state index in [1.54, 1.807) is 12.4 Å². The molecule has 2 saturated heterocycles. The highest BCUT2D eigenvalue weighted by Crippen LogP contribution is 2.31. The Balaban J connectivity index is 1.44. The van der Waals surface area contributed by atoms with Crippen LogP contribution in [0.1, 0.15) is 52.4 Å². The number of carbonyl (C=O) groups is 2. The summed E-state index contributed by atoms with van der Waals surface area (Å²) in [5.74, 6) is 0.0976. The van der Waals surface area contributed by atoms with Gasteiger partial charge >= 0.3 is 0 Å². The third-order valence-corrected chi connectivity index (χ3v) is 6.03. The molecule has 2 aliphatic heterocycles. The molecule has 0 aliphatic carbocycles. The van der Waals surface area contributed by atoms with Crippen molar-refractivity contribution in [1.29, 1.82) is 0 Å². The number of likely N-dealkylation sites (tertiary alicyclic amines) is 1. The summed E-state index contributed by atoms with van der Waals surface area (Å²) in [5.41, 5.74) is 3.56. The van der Waals surface area contributed by atoms with Crippen molar-refractivity contribution < 1.29 is 14.3 Å². The van der Waals surface area contributed by atoms with Crippen LogP contribution in [0.4, 0.5) is 0 Å².